The minimum absolute atomic E-state index is 0.102. The van der Waals surface area contributed by atoms with Crippen LogP contribution in [-0.2, 0) is 0 Å². The number of hydrogen-bond donors (Lipinski definition) is 2. The van der Waals surface area contributed by atoms with Gasteiger partial charge in [0, 0.05) is 19.1 Å². The van der Waals surface area contributed by atoms with Crippen LogP contribution in [0.2, 0.25) is 0 Å². The van der Waals surface area contributed by atoms with Crippen LogP contribution >= 0.6 is 0 Å². The third kappa shape index (κ3) is 3.16. The van der Waals surface area contributed by atoms with E-state index < -0.39 is 0 Å². The van der Waals surface area contributed by atoms with Gasteiger partial charge in [-0.2, -0.15) is 4.98 Å². The molecule has 1 saturated heterocycles. The Morgan fingerprint density at radius 2 is 2.35 bits per heavy atom. The second-order valence-electron chi connectivity index (χ2n) is 5.57. The van der Waals surface area contributed by atoms with Gasteiger partial charge >= 0.3 is 0 Å². The van der Waals surface area contributed by atoms with Gasteiger partial charge in [-0.05, 0) is 39.3 Å². The predicted octanol–water partition coefficient (Wildman–Crippen LogP) is 0.318. The molecule has 0 spiro atoms. The summed E-state index contributed by atoms with van der Waals surface area (Å²) in [6.45, 7) is 2.42. The van der Waals surface area contributed by atoms with E-state index in [2.05, 4.69) is 32.7 Å². The Bertz CT molecular complexity index is 465. The summed E-state index contributed by atoms with van der Waals surface area (Å²) in [5, 5.41) is 9.85. The highest BCUT2D eigenvalue weighted by atomic mass is 16.5. The second kappa shape index (κ2) is 5.88. The number of nitrogens with one attached hydrogen (secondary N) is 2. The molecule has 1 atom stereocenters. The van der Waals surface area contributed by atoms with E-state index in [9.17, 15) is 4.79 Å². The summed E-state index contributed by atoms with van der Waals surface area (Å²) in [5.41, 5.74) is 0. The Kier molecular flexibility index (Phi) is 3.98. The van der Waals surface area contributed by atoms with Gasteiger partial charge in [-0.15, -0.1) is 0 Å². The summed E-state index contributed by atoms with van der Waals surface area (Å²) < 4.78 is 5.15. The highest BCUT2D eigenvalue weighted by Crippen LogP contribution is 2.24. The number of hydrogen-bond acceptors (Lipinski definition) is 6. The maximum Gasteiger partial charge on any atom is 0.292 e. The molecule has 2 heterocycles. The Morgan fingerprint density at radius 1 is 1.50 bits per heavy atom. The van der Waals surface area contributed by atoms with Gasteiger partial charge in [0.25, 0.3) is 11.7 Å². The van der Waals surface area contributed by atoms with Gasteiger partial charge in [0.2, 0.25) is 5.89 Å². The van der Waals surface area contributed by atoms with Crippen LogP contribution in [0.1, 0.15) is 48.2 Å². The molecule has 7 heteroatoms. The highest BCUT2D eigenvalue weighted by molar-refractivity contribution is 5.90. The molecular formula is C13H21N5O2. The number of carbonyl (C=O) groups is 1. The van der Waals surface area contributed by atoms with Crippen molar-refractivity contribution in [1.82, 2.24) is 25.7 Å². The maximum atomic E-state index is 11.9. The Labute approximate surface area is 118 Å². The van der Waals surface area contributed by atoms with Gasteiger partial charge in [0.15, 0.2) is 0 Å². The van der Waals surface area contributed by atoms with Crippen LogP contribution < -0.4 is 10.6 Å². The van der Waals surface area contributed by atoms with Gasteiger partial charge in [0.1, 0.15) is 0 Å². The van der Waals surface area contributed by atoms with Crippen molar-refractivity contribution in [1.29, 1.82) is 0 Å². The Balaban J connectivity index is 1.46. The molecule has 1 unspecified atom stereocenters. The van der Waals surface area contributed by atoms with E-state index in [1.165, 1.54) is 12.8 Å². The average Bonchev–Trinajstić information content (AvgIpc) is 2.95. The van der Waals surface area contributed by atoms with Crippen LogP contribution in [0.3, 0.4) is 0 Å². The average molecular weight is 279 g/mol. The minimum atomic E-state index is -0.262. The van der Waals surface area contributed by atoms with Crippen molar-refractivity contribution >= 4 is 5.91 Å². The zero-order chi connectivity index (χ0) is 13.9. The van der Waals surface area contributed by atoms with Crippen molar-refractivity contribution < 1.29 is 9.32 Å². The molecule has 1 aromatic rings. The zero-order valence-electron chi connectivity index (χ0n) is 11.8. The molecule has 7 nitrogen and oxygen atoms in total. The van der Waals surface area contributed by atoms with Crippen LogP contribution in [0.25, 0.3) is 0 Å². The van der Waals surface area contributed by atoms with E-state index in [1.54, 1.807) is 0 Å². The van der Waals surface area contributed by atoms with E-state index >= 15 is 0 Å². The Hall–Kier alpha value is -1.47. The van der Waals surface area contributed by atoms with Crippen LogP contribution in [-0.4, -0.2) is 53.7 Å². The molecule has 110 valence electrons. The molecule has 0 aromatic carbocycles. The molecule has 20 heavy (non-hydrogen) atoms. The number of nitrogens with zero attached hydrogens (tertiary/aromatic N) is 3. The number of rotatable bonds is 6. The molecule has 2 aliphatic rings. The van der Waals surface area contributed by atoms with Gasteiger partial charge in [-0.25, -0.2) is 0 Å². The van der Waals surface area contributed by atoms with Crippen molar-refractivity contribution in [3.8, 4) is 0 Å². The van der Waals surface area contributed by atoms with E-state index in [0.29, 0.717) is 18.5 Å². The monoisotopic (exact) mass is 279 g/mol. The van der Waals surface area contributed by atoms with Gasteiger partial charge in [-0.3, -0.25) is 4.79 Å². The lowest BCUT2D eigenvalue weighted by Crippen LogP contribution is -2.34. The number of amides is 1. The first kappa shape index (κ1) is 13.5. The minimum Gasteiger partial charge on any atom is -0.348 e. The lowest BCUT2D eigenvalue weighted by atomic mass is 10.2. The molecule has 1 aliphatic heterocycles. The quantitative estimate of drug-likeness (QED) is 0.780. The first-order valence-corrected chi connectivity index (χ1v) is 7.29. The maximum absolute atomic E-state index is 11.9. The number of likely N-dealkylation sites (N-methyl/N-ethyl adjacent to an activating group) is 1. The lowest BCUT2D eigenvalue weighted by Gasteiger charge is -2.14. The van der Waals surface area contributed by atoms with E-state index in [-0.39, 0.29) is 17.8 Å². The predicted molar refractivity (Wildman–Crippen MR) is 72.3 cm³/mol. The van der Waals surface area contributed by atoms with Crippen molar-refractivity contribution in [3.05, 3.63) is 11.7 Å². The molecular weight excluding hydrogens is 258 g/mol. The fourth-order valence-corrected chi connectivity index (χ4v) is 2.49. The van der Waals surface area contributed by atoms with Gasteiger partial charge in [-0.1, -0.05) is 5.16 Å². The summed E-state index contributed by atoms with van der Waals surface area (Å²) in [6.07, 6.45) is 4.62. The molecule has 0 bridgehead atoms. The van der Waals surface area contributed by atoms with E-state index in [0.717, 1.165) is 25.9 Å². The third-order valence-corrected chi connectivity index (χ3v) is 3.92. The largest absolute Gasteiger partial charge is 0.348 e. The zero-order valence-corrected chi connectivity index (χ0v) is 11.8. The molecule has 0 radical (unpaired) electrons. The van der Waals surface area contributed by atoms with Crippen LogP contribution in [0.15, 0.2) is 4.52 Å². The molecule has 1 saturated carbocycles. The normalized spacial score (nSPS) is 22.4. The first-order valence-electron chi connectivity index (χ1n) is 7.29. The molecule has 2 N–H and O–H groups in total. The van der Waals surface area contributed by atoms with Crippen LogP contribution in [0.4, 0.5) is 0 Å². The SMILES string of the molecule is CN(CCNC(=O)c1noc(C2CCCN2)n1)C1CC1. The fourth-order valence-electron chi connectivity index (χ4n) is 2.49. The van der Waals surface area contributed by atoms with Gasteiger partial charge in [0.05, 0.1) is 6.04 Å². The standard InChI is InChI=1S/C13H21N5O2/c1-18(9-4-5-9)8-7-15-12(19)11-16-13(20-17-11)10-3-2-6-14-10/h9-10,14H,2-8H2,1H3,(H,15,19). The molecule has 3 rings (SSSR count). The molecule has 1 aromatic heterocycles. The lowest BCUT2D eigenvalue weighted by molar-refractivity contribution is 0.0936. The highest BCUT2D eigenvalue weighted by Gasteiger charge is 2.26. The molecule has 1 amide bonds. The summed E-state index contributed by atoms with van der Waals surface area (Å²) >= 11 is 0. The smallest absolute Gasteiger partial charge is 0.292 e. The summed E-state index contributed by atoms with van der Waals surface area (Å²) in [7, 11) is 2.09. The molecule has 1 aliphatic carbocycles. The van der Waals surface area contributed by atoms with Crippen LogP contribution in [0.5, 0.6) is 0 Å². The van der Waals surface area contributed by atoms with Gasteiger partial charge < -0.3 is 20.1 Å². The summed E-state index contributed by atoms with van der Waals surface area (Å²) in [4.78, 5) is 18.3. The number of carbonyl (C=O) groups excluding carboxylic acids is 1. The van der Waals surface area contributed by atoms with Crippen molar-refractivity contribution in [3.63, 3.8) is 0 Å². The van der Waals surface area contributed by atoms with Crippen molar-refractivity contribution in [2.24, 2.45) is 0 Å². The topological polar surface area (TPSA) is 83.3 Å². The fraction of sp³-hybridized carbons (Fsp3) is 0.769. The van der Waals surface area contributed by atoms with E-state index in [1.807, 2.05) is 0 Å². The third-order valence-electron chi connectivity index (χ3n) is 3.92. The second-order valence-corrected chi connectivity index (χ2v) is 5.57. The van der Waals surface area contributed by atoms with Crippen molar-refractivity contribution in [2.75, 3.05) is 26.7 Å². The van der Waals surface area contributed by atoms with E-state index in [4.69, 9.17) is 4.52 Å². The Morgan fingerprint density at radius 3 is 3.05 bits per heavy atom. The molecule has 2 fully saturated rings. The summed E-state index contributed by atoms with van der Waals surface area (Å²) in [5.74, 6) is 0.382. The van der Waals surface area contributed by atoms with Crippen molar-refractivity contribution in [2.45, 2.75) is 37.8 Å². The summed E-state index contributed by atoms with van der Waals surface area (Å²) in [6, 6.07) is 0.808. The van der Waals surface area contributed by atoms with Crippen LogP contribution in [0, 0.1) is 0 Å². The first-order chi connectivity index (χ1) is 9.74. The number of aromatic nitrogens is 2.